The molecule has 7 nitrogen and oxygen atoms in total. The summed E-state index contributed by atoms with van der Waals surface area (Å²) in [4.78, 5) is 12.7. The van der Waals surface area contributed by atoms with E-state index in [1.54, 1.807) is 6.07 Å². The van der Waals surface area contributed by atoms with E-state index in [9.17, 15) is 13.2 Å². The number of hydrogen-bond acceptors (Lipinski definition) is 4. The molecule has 0 radical (unpaired) electrons. The number of sulfonamides is 1. The molecule has 0 unspecified atom stereocenters. The van der Waals surface area contributed by atoms with Gasteiger partial charge >= 0.3 is 0 Å². The van der Waals surface area contributed by atoms with Crippen molar-refractivity contribution >= 4 is 26.8 Å². The Morgan fingerprint density at radius 3 is 2.69 bits per heavy atom. The van der Waals surface area contributed by atoms with Gasteiger partial charge in [-0.15, -0.1) is 0 Å². The van der Waals surface area contributed by atoms with Crippen LogP contribution >= 0.6 is 0 Å². The number of para-hydroxylation sites is 1. The first kappa shape index (κ1) is 22.4. The topological polar surface area (TPSA) is 89.4 Å². The lowest BCUT2D eigenvalue weighted by Gasteiger charge is -2.16. The number of rotatable bonds is 9. The Hall–Kier alpha value is -2.84. The van der Waals surface area contributed by atoms with E-state index in [-0.39, 0.29) is 22.6 Å². The van der Waals surface area contributed by atoms with Crippen LogP contribution in [0.3, 0.4) is 0 Å². The van der Waals surface area contributed by atoms with E-state index in [4.69, 9.17) is 4.74 Å². The van der Waals surface area contributed by atoms with Gasteiger partial charge in [0.1, 0.15) is 10.6 Å². The summed E-state index contributed by atoms with van der Waals surface area (Å²) in [6.07, 6.45) is 6.51. The number of hydrogen-bond donors (Lipinski definition) is 2. The summed E-state index contributed by atoms with van der Waals surface area (Å²) in [5.41, 5.74) is 1.46. The van der Waals surface area contributed by atoms with Crippen LogP contribution < -0.4 is 14.8 Å². The van der Waals surface area contributed by atoms with Crippen LogP contribution in [0.5, 0.6) is 5.75 Å². The van der Waals surface area contributed by atoms with Crippen LogP contribution in [-0.4, -0.2) is 38.6 Å². The molecule has 0 atom stereocenters. The number of nitrogens with zero attached hydrogens (tertiary/aromatic N) is 1. The Morgan fingerprint density at radius 1 is 1.12 bits per heavy atom. The number of ether oxygens (including phenoxy) is 1. The maximum absolute atomic E-state index is 12.9. The number of nitrogens with one attached hydrogen (secondary N) is 2. The van der Waals surface area contributed by atoms with Crippen molar-refractivity contribution in [2.75, 3.05) is 13.7 Å². The zero-order chi connectivity index (χ0) is 22.6. The van der Waals surface area contributed by atoms with Crippen molar-refractivity contribution in [2.24, 2.45) is 0 Å². The van der Waals surface area contributed by atoms with Crippen molar-refractivity contribution in [3.63, 3.8) is 0 Å². The Morgan fingerprint density at radius 2 is 1.91 bits per heavy atom. The predicted octanol–water partition coefficient (Wildman–Crippen LogP) is 3.69. The molecule has 0 saturated heterocycles. The second kappa shape index (κ2) is 9.75. The Labute approximate surface area is 188 Å². The number of amides is 1. The van der Waals surface area contributed by atoms with E-state index in [1.165, 1.54) is 30.1 Å². The molecule has 1 amide bonds. The van der Waals surface area contributed by atoms with Gasteiger partial charge in [-0.1, -0.05) is 31.0 Å². The summed E-state index contributed by atoms with van der Waals surface area (Å²) >= 11 is 0. The highest BCUT2D eigenvalue weighted by molar-refractivity contribution is 7.89. The summed E-state index contributed by atoms with van der Waals surface area (Å²) in [5.74, 6) is -0.0751. The summed E-state index contributed by atoms with van der Waals surface area (Å²) in [5, 5.41) is 4.08. The van der Waals surface area contributed by atoms with Gasteiger partial charge in [-0.2, -0.15) is 0 Å². The molecular weight excluding hydrogens is 426 g/mol. The molecule has 3 aromatic rings. The molecule has 1 heterocycles. The lowest BCUT2D eigenvalue weighted by molar-refractivity contribution is 0.0952. The maximum atomic E-state index is 12.9. The lowest BCUT2D eigenvalue weighted by Crippen LogP contribution is -2.33. The molecule has 1 aliphatic rings. The highest BCUT2D eigenvalue weighted by atomic mass is 32.2. The summed E-state index contributed by atoms with van der Waals surface area (Å²) < 4.78 is 36.0. The number of aryl methyl sites for hydroxylation is 1. The Kier molecular flexibility index (Phi) is 6.81. The third-order valence-corrected chi connectivity index (χ3v) is 7.48. The van der Waals surface area contributed by atoms with Gasteiger partial charge in [0.05, 0.1) is 7.11 Å². The first-order valence-electron chi connectivity index (χ1n) is 11.0. The molecule has 1 aromatic heterocycles. The minimum Gasteiger partial charge on any atom is -0.495 e. The van der Waals surface area contributed by atoms with Crippen molar-refractivity contribution < 1.29 is 17.9 Å². The molecule has 170 valence electrons. The van der Waals surface area contributed by atoms with Crippen molar-refractivity contribution in [1.82, 2.24) is 14.6 Å². The third-order valence-electron chi connectivity index (χ3n) is 5.93. The second-order valence-electron chi connectivity index (χ2n) is 8.15. The molecule has 0 aliphatic heterocycles. The molecule has 2 aromatic carbocycles. The van der Waals surface area contributed by atoms with Crippen LogP contribution in [0.25, 0.3) is 10.9 Å². The number of fused-ring (bicyclic) bond motifs is 1. The minimum atomic E-state index is -3.78. The van der Waals surface area contributed by atoms with E-state index in [0.29, 0.717) is 12.1 Å². The number of benzene rings is 2. The number of carbonyl (C=O) groups is 1. The van der Waals surface area contributed by atoms with E-state index in [1.807, 2.05) is 18.3 Å². The Bertz CT molecular complexity index is 1200. The lowest BCUT2D eigenvalue weighted by atomic mass is 10.2. The third kappa shape index (κ3) is 4.97. The molecule has 32 heavy (non-hydrogen) atoms. The second-order valence-corrected chi connectivity index (χ2v) is 9.83. The average Bonchev–Trinajstić information content (AvgIpc) is 3.45. The molecule has 0 spiro atoms. The SMILES string of the molecule is COc1ccc(C(=O)NCCCn2ccc3ccccc32)cc1S(=O)(=O)NC1CCCC1. The highest BCUT2D eigenvalue weighted by Gasteiger charge is 2.26. The van der Waals surface area contributed by atoms with Gasteiger partial charge < -0.3 is 14.6 Å². The Balaban J connectivity index is 1.39. The van der Waals surface area contributed by atoms with Gasteiger partial charge in [-0.05, 0) is 55.0 Å². The first-order chi connectivity index (χ1) is 15.5. The monoisotopic (exact) mass is 455 g/mol. The fraction of sp³-hybridized carbons (Fsp3) is 0.375. The van der Waals surface area contributed by atoms with Gasteiger partial charge in [0.25, 0.3) is 5.91 Å². The number of methoxy groups -OCH3 is 1. The van der Waals surface area contributed by atoms with Crippen LogP contribution in [0.1, 0.15) is 42.5 Å². The predicted molar refractivity (Wildman–Crippen MR) is 124 cm³/mol. The molecular formula is C24H29N3O4S. The number of carbonyl (C=O) groups excluding carboxylic acids is 1. The standard InChI is InChI=1S/C24H29N3O4S/c1-31-22-12-11-19(17-23(22)32(29,30)26-20-8-3-4-9-20)24(28)25-14-6-15-27-16-13-18-7-2-5-10-21(18)27/h2,5,7,10-13,16-17,20,26H,3-4,6,8-9,14-15H2,1H3,(H,25,28). The zero-order valence-electron chi connectivity index (χ0n) is 18.2. The zero-order valence-corrected chi connectivity index (χ0v) is 19.0. The van der Waals surface area contributed by atoms with Gasteiger partial charge in [-0.3, -0.25) is 4.79 Å². The normalized spacial score (nSPS) is 14.7. The molecule has 1 fully saturated rings. The van der Waals surface area contributed by atoms with Gasteiger partial charge in [0.15, 0.2) is 0 Å². The first-order valence-corrected chi connectivity index (χ1v) is 12.5. The molecule has 1 saturated carbocycles. The summed E-state index contributed by atoms with van der Waals surface area (Å²) in [6, 6.07) is 14.7. The highest BCUT2D eigenvalue weighted by Crippen LogP contribution is 2.27. The largest absolute Gasteiger partial charge is 0.495 e. The fourth-order valence-electron chi connectivity index (χ4n) is 4.24. The van der Waals surface area contributed by atoms with E-state index >= 15 is 0 Å². The van der Waals surface area contributed by atoms with Crippen LogP contribution in [0, 0.1) is 0 Å². The van der Waals surface area contributed by atoms with Crippen molar-refractivity contribution in [3.05, 3.63) is 60.3 Å². The minimum absolute atomic E-state index is 0.00152. The van der Waals surface area contributed by atoms with Gasteiger partial charge in [0.2, 0.25) is 10.0 Å². The van der Waals surface area contributed by atoms with Crippen molar-refractivity contribution in [3.8, 4) is 5.75 Å². The number of aromatic nitrogens is 1. The van der Waals surface area contributed by atoms with Gasteiger partial charge in [-0.25, -0.2) is 13.1 Å². The molecule has 1 aliphatic carbocycles. The van der Waals surface area contributed by atoms with Crippen LogP contribution in [0.4, 0.5) is 0 Å². The maximum Gasteiger partial charge on any atom is 0.251 e. The average molecular weight is 456 g/mol. The van der Waals surface area contributed by atoms with Crippen molar-refractivity contribution in [2.45, 2.75) is 49.6 Å². The van der Waals surface area contributed by atoms with Crippen LogP contribution in [0.15, 0.2) is 59.6 Å². The molecule has 4 rings (SSSR count). The molecule has 2 N–H and O–H groups in total. The molecule has 0 bridgehead atoms. The van der Waals surface area contributed by atoms with Crippen molar-refractivity contribution in [1.29, 1.82) is 0 Å². The van der Waals surface area contributed by atoms with Gasteiger partial charge in [0, 0.05) is 36.4 Å². The van der Waals surface area contributed by atoms with E-state index in [0.717, 1.165) is 38.6 Å². The van der Waals surface area contributed by atoms with Crippen LogP contribution in [0.2, 0.25) is 0 Å². The van der Waals surface area contributed by atoms with E-state index in [2.05, 4.69) is 32.8 Å². The van der Waals surface area contributed by atoms with Crippen LogP contribution in [-0.2, 0) is 16.6 Å². The summed E-state index contributed by atoms with van der Waals surface area (Å²) in [7, 11) is -2.35. The quantitative estimate of drug-likeness (QED) is 0.482. The summed E-state index contributed by atoms with van der Waals surface area (Å²) in [6.45, 7) is 1.27. The molecule has 8 heteroatoms. The fourth-order valence-corrected chi connectivity index (χ4v) is 5.74. The smallest absolute Gasteiger partial charge is 0.251 e. The van der Waals surface area contributed by atoms with E-state index < -0.39 is 10.0 Å².